The second-order valence-electron chi connectivity index (χ2n) is 6.24. The molecule has 0 spiro atoms. The van der Waals surface area contributed by atoms with Gasteiger partial charge in [0.2, 0.25) is 11.8 Å². The van der Waals surface area contributed by atoms with E-state index in [0.717, 1.165) is 11.1 Å². The van der Waals surface area contributed by atoms with Crippen molar-refractivity contribution in [3.63, 3.8) is 0 Å². The van der Waals surface area contributed by atoms with E-state index in [1.54, 1.807) is 54.6 Å². The van der Waals surface area contributed by atoms with Crippen LogP contribution >= 0.6 is 27.5 Å². The molecule has 0 unspecified atom stereocenters. The van der Waals surface area contributed by atoms with E-state index in [0.29, 0.717) is 32.2 Å². The third kappa shape index (κ3) is 4.50. The zero-order valence-corrected chi connectivity index (χ0v) is 17.2. The summed E-state index contributed by atoms with van der Waals surface area (Å²) >= 11 is 9.14. The number of rotatable bonds is 4. The normalized spacial score (nSPS) is 11.2. The SMILES string of the molecule is O=C(C=Cc1ccc(Cl)cc1)Nc1ccc2oc(-c3ccc(O)c(Br)c3)nc2c1. The number of phenols is 1. The molecule has 0 fully saturated rings. The van der Waals surface area contributed by atoms with Crippen LogP contribution < -0.4 is 5.32 Å². The number of oxazole rings is 1. The Morgan fingerprint density at radius 2 is 1.90 bits per heavy atom. The molecule has 0 aliphatic carbocycles. The van der Waals surface area contributed by atoms with Crippen molar-refractivity contribution in [1.29, 1.82) is 0 Å². The summed E-state index contributed by atoms with van der Waals surface area (Å²) in [6, 6.07) is 17.4. The van der Waals surface area contributed by atoms with Crippen molar-refractivity contribution >= 4 is 56.3 Å². The van der Waals surface area contributed by atoms with E-state index in [9.17, 15) is 9.90 Å². The number of aromatic nitrogens is 1. The molecule has 1 heterocycles. The lowest BCUT2D eigenvalue weighted by molar-refractivity contribution is -0.111. The maximum absolute atomic E-state index is 12.2. The second kappa shape index (κ2) is 8.11. The van der Waals surface area contributed by atoms with Crippen molar-refractivity contribution in [3.05, 3.63) is 81.8 Å². The van der Waals surface area contributed by atoms with Crippen LogP contribution in [0.5, 0.6) is 5.75 Å². The van der Waals surface area contributed by atoms with E-state index in [2.05, 4.69) is 26.2 Å². The predicted molar refractivity (Wildman–Crippen MR) is 118 cm³/mol. The van der Waals surface area contributed by atoms with Gasteiger partial charge in [0, 0.05) is 22.3 Å². The minimum atomic E-state index is -0.259. The fourth-order valence-corrected chi connectivity index (χ4v) is 3.20. The van der Waals surface area contributed by atoms with E-state index in [4.69, 9.17) is 16.0 Å². The molecule has 3 aromatic carbocycles. The molecular weight excluding hydrogens is 456 g/mol. The van der Waals surface area contributed by atoms with Crippen LogP contribution in [0.4, 0.5) is 5.69 Å². The van der Waals surface area contributed by atoms with Crippen LogP contribution in [-0.2, 0) is 4.79 Å². The van der Waals surface area contributed by atoms with Gasteiger partial charge in [-0.25, -0.2) is 4.98 Å². The van der Waals surface area contributed by atoms with Crippen LogP contribution in [-0.4, -0.2) is 16.0 Å². The van der Waals surface area contributed by atoms with E-state index < -0.39 is 0 Å². The average molecular weight is 470 g/mol. The van der Waals surface area contributed by atoms with Crippen LogP contribution in [0.15, 0.2) is 75.6 Å². The molecule has 29 heavy (non-hydrogen) atoms. The summed E-state index contributed by atoms with van der Waals surface area (Å²) in [5.74, 6) is 0.304. The molecule has 0 radical (unpaired) electrons. The van der Waals surface area contributed by atoms with Crippen LogP contribution in [0.3, 0.4) is 0 Å². The van der Waals surface area contributed by atoms with Gasteiger partial charge in [-0.1, -0.05) is 23.7 Å². The van der Waals surface area contributed by atoms with Crippen LogP contribution in [0.25, 0.3) is 28.6 Å². The van der Waals surface area contributed by atoms with Gasteiger partial charge in [-0.3, -0.25) is 4.79 Å². The summed E-state index contributed by atoms with van der Waals surface area (Å²) in [6.07, 6.45) is 3.16. The molecule has 0 saturated carbocycles. The van der Waals surface area contributed by atoms with Crippen molar-refractivity contribution in [1.82, 2.24) is 4.98 Å². The van der Waals surface area contributed by atoms with Crippen LogP contribution in [0.1, 0.15) is 5.56 Å². The van der Waals surface area contributed by atoms with Crippen LogP contribution in [0, 0.1) is 0 Å². The van der Waals surface area contributed by atoms with Crippen molar-refractivity contribution in [2.75, 3.05) is 5.32 Å². The number of carbonyl (C=O) groups excluding carboxylic acids is 1. The van der Waals surface area contributed by atoms with E-state index in [1.165, 1.54) is 6.08 Å². The molecule has 144 valence electrons. The quantitative estimate of drug-likeness (QED) is 0.345. The number of phenolic OH excluding ortho intramolecular Hbond substituents is 1. The maximum atomic E-state index is 12.2. The fourth-order valence-electron chi connectivity index (χ4n) is 2.70. The lowest BCUT2D eigenvalue weighted by Gasteiger charge is -2.01. The molecule has 4 aromatic rings. The van der Waals surface area contributed by atoms with Gasteiger partial charge in [0.15, 0.2) is 5.58 Å². The van der Waals surface area contributed by atoms with Crippen molar-refractivity contribution in [2.45, 2.75) is 0 Å². The Balaban J connectivity index is 1.52. The Labute approximate surface area is 179 Å². The lowest BCUT2D eigenvalue weighted by Crippen LogP contribution is -2.07. The standard InChI is InChI=1S/C22H14BrClN2O3/c23-17-11-14(4-8-19(17)27)22-26-18-12-16(7-9-20(18)29-22)25-21(28)10-3-13-1-5-15(24)6-2-13/h1-12,27H,(H,25,28). The first-order valence-corrected chi connectivity index (χ1v) is 9.79. The molecule has 0 saturated heterocycles. The van der Waals surface area contributed by atoms with Crippen molar-refractivity contribution in [2.24, 2.45) is 0 Å². The maximum Gasteiger partial charge on any atom is 0.248 e. The van der Waals surface area contributed by atoms with Gasteiger partial charge < -0.3 is 14.8 Å². The minimum Gasteiger partial charge on any atom is -0.507 e. The highest BCUT2D eigenvalue weighted by Gasteiger charge is 2.11. The minimum absolute atomic E-state index is 0.140. The molecule has 4 rings (SSSR count). The van der Waals surface area contributed by atoms with Gasteiger partial charge >= 0.3 is 0 Å². The highest BCUT2D eigenvalue weighted by atomic mass is 79.9. The molecule has 0 bridgehead atoms. The van der Waals surface area contributed by atoms with Gasteiger partial charge in [0.1, 0.15) is 11.3 Å². The number of amides is 1. The summed E-state index contributed by atoms with van der Waals surface area (Å²) in [6.45, 7) is 0. The Morgan fingerprint density at radius 3 is 2.66 bits per heavy atom. The number of hydrogen-bond acceptors (Lipinski definition) is 4. The van der Waals surface area contributed by atoms with Crippen LogP contribution in [0.2, 0.25) is 5.02 Å². The number of nitrogens with zero attached hydrogens (tertiary/aromatic N) is 1. The zero-order valence-electron chi connectivity index (χ0n) is 14.9. The molecular formula is C22H14BrClN2O3. The topological polar surface area (TPSA) is 75.4 Å². The molecule has 1 amide bonds. The molecule has 5 nitrogen and oxygen atoms in total. The Kier molecular flexibility index (Phi) is 5.38. The van der Waals surface area contributed by atoms with Gasteiger partial charge in [0.25, 0.3) is 0 Å². The van der Waals surface area contributed by atoms with Gasteiger partial charge in [-0.15, -0.1) is 0 Å². The molecule has 1 aromatic heterocycles. The second-order valence-corrected chi connectivity index (χ2v) is 7.53. The fraction of sp³-hybridized carbons (Fsp3) is 0. The largest absolute Gasteiger partial charge is 0.507 e. The predicted octanol–water partition coefficient (Wildman–Crippen LogP) is 6.27. The highest BCUT2D eigenvalue weighted by Crippen LogP contribution is 2.31. The summed E-state index contributed by atoms with van der Waals surface area (Å²) in [5.41, 5.74) is 3.42. The summed E-state index contributed by atoms with van der Waals surface area (Å²) in [5, 5.41) is 13.1. The number of halogens is 2. The first kappa shape index (κ1) is 19.2. The molecule has 0 aliphatic rings. The van der Waals surface area contributed by atoms with E-state index in [-0.39, 0.29) is 11.7 Å². The van der Waals surface area contributed by atoms with Gasteiger partial charge in [0.05, 0.1) is 4.47 Å². The molecule has 0 atom stereocenters. The number of nitrogens with one attached hydrogen (secondary N) is 1. The number of carbonyl (C=O) groups is 1. The van der Waals surface area contributed by atoms with E-state index >= 15 is 0 Å². The van der Waals surface area contributed by atoms with E-state index in [1.807, 2.05) is 12.1 Å². The van der Waals surface area contributed by atoms with Crippen molar-refractivity contribution < 1.29 is 14.3 Å². The summed E-state index contributed by atoms with van der Waals surface area (Å²) in [4.78, 5) is 16.7. The summed E-state index contributed by atoms with van der Waals surface area (Å²) < 4.78 is 6.33. The number of benzene rings is 3. The third-order valence-electron chi connectivity index (χ3n) is 4.15. The molecule has 7 heteroatoms. The number of fused-ring (bicyclic) bond motifs is 1. The zero-order chi connectivity index (χ0) is 20.4. The molecule has 0 aliphatic heterocycles. The Bertz CT molecular complexity index is 1230. The first-order valence-electron chi connectivity index (χ1n) is 8.62. The lowest BCUT2D eigenvalue weighted by atomic mass is 10.2. The Hall–Kier alpha value is -3.09. The van der Waals surface area contributed by atoms with Gasteiger partial charge in [-0.2, -0.15) is 0 Å². The monoisotopic (exact) mass is 468 g/mol. The third-order valence-corrected chi connectivity index (χ3v) is 5.03. The number of hydrogen-bond donors (Lipinski definition) is 2. The molecule has 2 N–H and O–H groups in total. The number of aromatic hydroxyl groups is 1. The smallest absolute Gasteiger partial charge is 0.248 e. The van der Waals surface area contributed by atoms with Crippen molar-refractivity contribution in [3.8, 4) is 17.2 Å². The average Bonchev–Trinajstić information content (AvgIpc) is 3.13. The highest BCUT2D eigenvalue weighted by molar-refractivity contribution is 9.10. The first-order chi connectivity index (χ1) is 14.0. The van der Waals surface area contributed by atoms with Gasteiger partial charge in [-0.05, 0) is 76.1 Å². The summed E-state index contributed by atoms with van der Waals surface area (Å²) in [7, 11) is 0. The number of anilines is 1. The Morgan fingerprint density at radius 1 is 1.10 bits per heavy atom.